The molecule has 0 bridgehead atoms. The zero-order chi connectivity index (χ0) is 22.5. The number of rotatable bonds is 0. The first-order valence-electron chi connectivity index (χ1n) is 11.8. The second kappa shape index (κ2) is 5.13. The van der Waals surface area contributed by atoms with Crippen molar-refractivity contribution in [1.29, 1.82) is 0 Å². The Morgan fingerprint density at radius 3 is 2.51 bits per heavy atom. The summed E-state index contributed by atoms with van der Waals surface area (Å²) in [5, 5.41) is 13.1. The van der Waals surface area contributed by atoms with Gasteiger partial charge in [-0.3, -0.25) is 0 Å². The lowest BCUT2D eigenvalue weighted by molar-refractivity contribution is -0.765. The van der Waals surface area contributed by atoms with Crippen LogP contribution in [-0.2, 0) is 5.66 Å². The first-order chi connectivity index (χ1) is 17.4. The van der Waals surface area contributed by atoms with E-state index >= 15 is 0 Å². The van der Waals surface area contributed by atoms with Crippen molar-refractivity contribution in [1.82, 2.24) is 14.9 Å². The fraction of sp³-hybridized carbons (Fsp3) is 0.0345. The molecule has 7 aromatic rings. The molecule has 160 valence electrons. The van der Waals surface area contributed by atoms with Crippen molar-refractivity contribution in [2.45, 2.75) is 5.66 Å². The van der Waals surface area contributed by atoms with Crippen molar-refractivity contribution in [2.75, 3.05) is 0 Å². The Kier molecular flexibility index (Phi) is 2.45. The third-order valence-corrected chi connectivity index (χ3v) is 8.16. The zero-order valence-corrected chi connectivity index (χ0v) is 18.3. The van der Waals surface area contributed by atoms with E-state index in [4.69, 9.17) is 4.74 Å². The monoisotopic (exact) mass is 449 g/mol. The van der Waals surface area contributed by atoms with E-state index < -0.39 is 5.66 Å². The molecule has 0 saturated heterocycles. The maximum absolute atomic E-state index is 6.64. The molecule has 35 heavy (non-hydrogen) atoms. The van der Waals surface area contributed by atoms with Crippen LogP contribution in [0.15, 0.2) is 91.4 Å². The smallest absolute Gasteiger partial charge is 0.361 e. The van der Waals surface area contributed by atoms with E-state index in [0.29, 0.717) is 0 Å². The standard InChI is InChI=1S/C29H15N5O/c1-2-9-22-18(6-1)27-20-15-31-30-14-19(20)16-11-12-24-26-28(16)33(27)34(22)29(26)25-17(7-5-10-23(25)35-24)21-8-3-4-13-32(21)29/h1-15H/q+2. The van der Waals surface area contributed by atoms with E-state index in [9.17, 15) is 0 Å². The Morgan fingerprint density at radius 2 is 1.54 bits per heavy atom. The minimum atomic E-state index is -0.595. The Bertz CT molecular complexity index is 2160. The summed E-state index contributed by atoms with van der Waals surface area (Å²) in [6.07, 6.45) is 6.01. The molecule has 3 aliphatic rings. The van der Waals surface area contributed by atoms with Crippen LogP contribution in [0.4, 0.5) is 0 Å². The van der Waals surface area contributed by atoms with E-state index in [2.05, 4.69) is 103 Å². The number of hydrogen-bond donors (Lipinski definition) is 0. The predicted octanol–water partition coefficient (Wildman–Crippen LogP) is 4.46. The molecular weight excluding hydrogens is 434 g/mol. The summed E-state index contributed by atoms with van der Waals surface area (Å²) in [5.74, 6) is 1.81. The van der Waals surface area contributed by atoms with Gasteiger partial charge in [0.15, 0.2) is 11.8 Å². The molecule has 4 aromatic heterocycles. The van der Waals surface area contributed by atoms with Gasteiger partial charge in [0.05, 0.1) is 34.1 Å². The molecule has 1 spiro atoms. The highest BCUT2D eigenvalue weighted by atomic mass is 16.5. The van der Waals surface area contributed by atoms with E-state index in [-0.39, 0.29) is 0 Å². The zero-order valence-electron chi connectivity index (χ0n) is 18.3. The molecule has 6 nitrogen and oxygen atoms in total. The molecule has 1 unspecified atom stereocenters. The molecule has 0 N–H and O–H groups in total. The number of aromatic nitrogens is 5. The summed E-state index contributed by atoms with van der Waals surface area (Å²) >= 11 is 0. The third kappa shape index (κ3) is 1.51. The molecule has 0 aliphatic carbocycles. The van der Waals surface area contributed by atoms with Gasteiger partial charge in [-0.05, 0) is 42.5 Å². The van der Waals surface area contributed by atoms with Crippen LogP contribution in [0.2, 0.25) is 0 Å². The molecule has 3 aromatic carbocycles. The lowest BCUT2D eigenvalue weighted by Crippen LogP contribution is -2.62. The number of nitrogens with zero attached hydrogens (tertiary/aromatic N) is 5. The normalized spacial score (nSPS) is 18.1. The lowest BCUT2D eigenvalue weighted by atomic mass is 9.85. The summed E-state index contributed by atoms with van der Waals surface area (Å²) in [4.78, 5) is 0. The van der Waals surface area contributed by atoms with Gasteiger partial charge >= 0.3 is 5.66 Å². The molecule has 1 atom stereocenters. The first kappa shape index (κ1) is 16.7. The van der Waals surface area contributed by atoms with Crippen LogP contribution in [0.1, 0.15) is 11.1 Å². The van der Waals surface area contributed by atoms with Gasteiger partial charge in [0.2, 0.25) is 5.69 Å². The molecule has 3 aliphatic heterocycles. The molecule has 0 radical (unpaired) electrons. The van der Waals surface area contributed by atoms with E-state index in [1.54, 1.807) is 0 Å². The van der Waals surface area contributed by atoms with Gasteiger partial charge in [-0.2, -0.15) is 14.8 Å². The highest BCUT2D eigenvalue weighted by molar-refractivity contribution is 6.16. The van der Waals surface area contributed by atoms with Gasteiger partial charge in [0.25, 0.3) is 11.0 Å². The summed E-state index contributed by atoms with van der Waals surface area (Å²) in [5.41, 5.74) is 7.66. The van der Waals surface area contributed by atoms with Crippen molar-refractivity contribution < 1.29 is 13.8 Å². The molecule has 0 amide bonds. The van der Waals surface area contributed by atoms with Crippen LogP contribution < -0.4 is 13.8 Å². The Morgan fingerprint density at radius 1 is 0.686 bits per heavy atom. The van der Waals surface area contributed by atoms with E-state index in [1.165, 1.54) is 38.8 Å². The van der Waals surface area contributed by atoms with Gasteiger partial charge in [-0.25, -0.2) is 0 Å². The van der Waals surface area contributed by atoms with Gasteiger partial charge < -0.3 is 4.74 Å². The van der Waals surface area contributed by atoms with Crippen molar-refractivity contribution in [3.05, 3.63) is 103 Å². The molecule has 0 fully saturated rings. The summed E-state index contributed by atoms with van der Waals surface area (Å²) in [6.45, 7) is 0. The molecule has 10 rings (SSSR count). The number of hydrogen-bond acceptors (Lipinski definition) is 3. The van der Waals surface area contributed by atoms with Crippen LogP contribution in [0.5, 0.6) is 11.5 Å². The topological polar surface area (TPSA) is 47.9 Å². The highest BCUT2D eigenvalue weighted by Gasteiger charge is 2.69. The van der Waals surface area contributed by atoms with Crippen LogP contribution in [0, 0.1) is 0 Å². The minimum absolute atomic E-state index is 0.595. The number of ether oxygens (including phenoxy) is 1. The minimum Gasteiger partial charge on any atom is -0.456 e. The summed E-state index contributed by atoms with van der Waals surface area (Å²) in [6, 6.07) is 25.9. The lowest BCUT2D eigenvalue weighted by Gasteiger charge is -2.27. The predicted molar refractivity (Wildman–Crippen MR) is 129 cm³/mol. The SMILES string of the molecule is c1cc2c3c(c1)-c1cccc[n+]1C31c3c(ccc4c5cnncc5c5c6ccccc6n1[n+]5c34)O2. The first-order valence-corrected chi connectivity index (χ1v) is 11.8. The quantitative estimate of drug-likeness (QED) is 0.254. The Balaban J connectivity index is 1.63. The van der Waals surface area contributed by atoms with Crippen LogP contribution in [0.3, 0.4) is 0 Å². The average molecular weight is 449 g/mol. The highest BCUT2D eigenvalue weighted by Crippen LogP contribution is 2.58. The number of para-hydroxylation sites is 1. The fourth-order valence-corrected chi connectivity index (χ4v) is 7.06. The van der Waals surface area contributed by atoms with Gasteiger partial charge in [0, 0.05) is 17.5 Å². The maximum Gasteiger partial charge on any atom is 0.361 e. The Hall–Kier alpha value is -4.84. The van der Waals surface area contributed by atoms with Gasteiger partial charge in [0.1, 0.15) is 22.6 Å². The average Bonchev–Trinajstić information content (AvgIpc) is 3.53. The fourth-order valence-electron chi connectivity index (χ4n) is 7.06. The van der Waals surface area contributed by atoms with Crippen LogP contribution in [-0.4, -0.2) is 14.9 Å². The summed E-state index contributed by atoms with van der Waals surface area (Å²) in [7, 11) is 0. The van der Waals surface area contributed by atoms with E-state index in [0.717, 1.165) is 33.2 Å². The second-order valence-electron chi connectivity index (χ2n) is 9.55. The van der Waals surface area contributed by atoms with Gasteiger partial charge in [-0.1, -0.05) is 27.4 Å². The van der Waals surface area contributed by atoms with Crippen molar-refractivity contribution in [3.63, 3.8) is 0 Å². The van der Waals surface area contributed by atoms with Crippen LogP contribution in [0.25, 0.3) is 49.4 Å². The summed E-state index contributed by atoms with van der Waals surface area (Å²) < 4.78 is 14.0. The molecular formula is C29H15N5O+2. The van der Waals surface area contributed by atoms with Crippen molar-refractivity contribution in [3.8, 4) is 22.8 Å². The largest absolute Gasteiger partial charge is 0.456 e. The molecule has 6 heteroatoms. The maximum atomic E-state index is 6.64. The van der Waals surface area contributed by atoms with Crippen molar-refractivity contribution >= 4 is 38.1 Å². The third-order valence-electron chi connectivity index (χ3n) is 8.16. The van der Waals surface area contributed by atoms with Crippen LogP contribution >= 0.6 is 0 Å². The van der Waals surface area contributed by atoms with Gasteiger partial charge in [-0.15, -0.1) is 0 Å². The number of benzene rings is 3. The Labute approximate surface area is 197 Å². The molecule has 7 heterocycles. The van der Waals surface area contributed by atoms with Crippen molar-refractivity contribution in [2.24, 2.45) is 0 Å². The molecule has 0 saturated carbocycles. The number of pyridine rings is 2. The second-order valence-corrected chi connectivity index (χ2v) is 9.55. The van der Waals surface area contributed by atoms with E-state index in [1.807, 2.05) is 12.4 Å². The number of fused-ring (bicyclic) bond motifs is 8.